The molecule has 4 nitrogen and oxygen atoms in total. The van der Waals surface area contributed by atoms with Gasteiger partial charge in [-0.2, -0.15) is 13.2 Å². The molecule has 7 heteroatoms. The van der Waals surface area contributed by atoms with Gasteiger partial charge < -0.3 is 4.74 Å². The van der Waals surface area contributed by atoms with Gasteiger partial charge in [-0.25, -0.2) is 4.79 Å². The Morgan fingerprint density at radius 1 is 1.24 bits per heavy atom. The normalized spacial score (nSPS) is 19.5. The lowest BCUT2D eigenvalue weighted by atomic mass is 10.1. The van der Waals surface area contributed by atoms with Gasteiger partial charge in [-0.1, -0.05) is 30.3 Å². The van der Waals surface area contributed by atoms with E-state index in [0.717, 1.165) is 5.56 Å². The number of carbonyl (C=O) groups excluding carboxylic acids is 2. The third-order valence-corrected chi connectivity index (χ3v) is 3.28. The summed E-state index contributed by atoms with van der Waals surface area (Å²) in [4.78, 5) is 24.1. The third-order valence-electron chi connectivity index (χ3n) is 3.28. The molecule has 1 atom stereocenters. The van der Waals surface area contributed by atoms with Crippen LogP contribution in [-0.4, -0.2) is 36.1 Å². The highest BCUT2D eigenvalue weighted by Gasteiger charge is 2.44. The van der Waals surface area contributed by atoms with Crippen molar-refractivity contribution in [2.24, 2.45) is 5.92 Å². The summed E-state index contributed by atoms with van der Waals surface area (Å²) in [6.45, 7) is 1.48. The molecule has 0 spiro atoms. The summed E-state index contributed by atoms with van der Waals surface area (Å²) in [5.74, 6) is -4.25. The van der Waals surface area contributed by atoms with Crippen LogP contribution in [0.15, 0.2) is 30.3 Å². The molecule has 21 heavy (non-hydrogen) atoms. The molecule has 0 unspecified atom stereocenters. The summed E-state index contributed by atoms with van der Waals surface area (Å²) in [6, 6.07) is 9.52. The highest BCUT2D eigenvalue weighted by molar-refractivity contribution is 5.89. The molecule has 1 aliphatic rings. The molecule has 114 valence electrons. The first kappa shape index (κ1) is 15.5. The van der Waals surface area contributed by atoms with Gasteiger partial charge >= 0.3 is 18.1 Å². The van der Waals surface area contributed by atoms with Gasteiger partial charge in [-0.3, -0.25) is 9.69 Å². The Balaban J connectivity index is 1.85. The van der Waals surface area contributed by atoms with Crippen molar-refractivity contribution in [1.82, 2.24) is 4.90 Å². The maximum Gasteiger partial charge on any atom is 0.491 e. The smallest absolute Gasteiger partial charge is 0.386 e. The summed E-state index contributed by atoms with van der Waals surface area (Å²) in [7, 11) is 0. The minimum absolute atomic E-state index is 0.291. The van der Waals surface area contributed by atoms with E-state index in [1.165, 1.54) is 0 Å². The summed E-state index contributed by atoms with van der Waals surface area (Å²) in [5, 5.41) is 0. The van der Waals surface area contributed by atoms with Crippen LogP contribution < -0.4 is 0 Å². The molecule has 1 heterocycles. The van der Waals surface area contributed by atoms with Gasteiger partial charge in [0.05, 0.1) is 5.92 Å². The molecule has 1 fully saturated rings. The predicted molar refractivity (Wildman–Crippen MR) is 67.0 cm³/mol. The summed E-state index contributed by atoms with van der Waals surface area (Å²) in [6.07, 6.45) is -4.76. The van der Waals surface area contributed by atoms with Gasteiger partial charge in [0.25, 0.3) is 0 Å². The highest BCUT2D eigenvalue weighted by atomic mass is 19.4. The maximum absolute atomic E-state index is 12.0. The van der Waals surface area contributed by atoms with Crippen LogP contribution in [0.2, 0.25) is 0 Å². The van der Waals surface area contributed by atoms with Gasteiger partial charge in [-0.05, 0) is 18.5 Å². The Hall–Kier alpha value is -1.89. The van der Waals surface area contributed by atoms with Crippen LogP contribution >= 0.6 is 0 Å². The Morgan fingerprint density at radius 2 is 1.90 bits per heavy atom. The fraction of sp³-hybridized carbons (Fsp3) is 0.429. The first-order valence-corrected chi connectivity index (χ1v) is 6.45. The predicted octanol–water partition coefficient (Wildman–Crippen LogP) is 2.14. The zero-order valence-corrected chi connectivity index (χ0v) is 11.1. The number of likely N-dealkylation sites (tertiary alicyclic amines) is 1. The monoisotopic (exact) mass is 301 g/mol. The Kier molecular flexibility index (Phi) is 4.62. The third kappa shape index (κ3) is 4.29. The number of halogens is 3. The highest BCUT2D eigenvalue weighted by Crippen LogP contribution is 2.22. The zero-order valence-electron chi connectivity index (χ0n) is 11.1. The standard InChI is InChI=1S/C14H14F3NO3/c15-14(16,17)13(20)21-12(19)11-6-7-18(9-11)8-10-4-2-1-3-5-10/h1-5,11H,6-9H2/t11-/m0/s1. The van der Waals surface area contributed by atoms with Crippen LogP contribution in [0.4, 0.5) is 13.2 Å². The van der Waals surface area contributed by atoms with Gasteiger partial charge in [-0.15, -0.1) is 0 Å². The van der Waals surface area contributed by atoms with Crippen molar-refractivity contribution >= 4 is 11.9 Å². The maximum atomic E-state index is 12.0. The molecule has 0 amide bonds. The molecule has 0 saturated carbocycles. The summed E-state index contributed by atoms with van der Waals surface area (Å²) < 4.78 is 39.9. The van der Waals surface area contributed by atoms with E-state index >= 15 is 0 Å². The van der Waals surface area contributed by atoms with Crippen LogP contribution in [0.3, 0.4) is 0 Å². The number of nitrogens with zero attached hydrogens (tertiary/aromatic N) is 1. The number of hydrogen-bond donors (Lipinski definition) is 0. The van der Waals surface area contributed by atoms with Gasteiger partial charge in [0.1, 0.15) is 0 Å². The minimum Gasteiger partial charge on any atom is -0.386 e. The first-order chi connectivity index (χ1) is 9.86. The second-order valence-corrected chi connectivity index (χ2v) is 4.91. The van der Waals surface area contributed by atoms with Crippen LogP contribution in [0.1, 0.15) is 12.0 Å². The van der Waals surface area contributed by atoms with Crippen LogP contribution in [-0.2, 0) is 20.9 Å². The van der Waals surface area contributed by atoms with Crippen molar-refractivity contribution in [3.05, 3.63) is 35.9 Å². The van der Waals surface area contributed by atoms with E-state index in [0.29, 0.717) is 26.1 Å². The van der Waals surface area contributed by atoms with Gasteiger partial charge in [0.15, 0.2) is 0 Å². The van der Waals surface area contributed by atoms with E-state index < -0.39 is 24.0 Å². The number of rotatable bonds is 3. The van der Waals surface area contributed by atoms with E-state index in [1.54, 1.807) is 0 Å². The number of esters is 2. The van der Waals surface area contributed by atoms with Crippen molar-refractivity contribution < 1.29 is 27.5 Å². The van der Waals surface area contributed by atoms with Crippen molar-refractivity contribution in [1.29, 1.82) is 0 Å². The van der Waals surface area contributed by atoms with Gasteiger partial charge in [0, 0.05) is 13.1 Å². The topological polar surface area (TPSA) is 46.6 Å². The van der Waals surface area contributed by atoms with Crippen LogP contribution in [0.25, 0.3) is 0 Å². The molecule has 1 aromatic carbocycles. The molecule has 1 aromatic rings. The quantitative estimate of drug-likeness (QED) is 0.634. The molecular weight excluding hydrogens is 287 g/mol. The zero-order chi connectivity index (χ0) is 15.5. The SMILES string of the molecule is O=C(OC(=O)C(F)(F)F)[C@H]1CCN(Cc2ccccc2)C1. The lowest BCUT2D eigenvalue weighted by Gasteiger charge is -2.15. The number of alkyl halides is 3. The van der Waals surface area contributed by atoms with Crippen molar-refractivity contribution in [3.8, 4) is 0 Å². The molecule has 2 rings (SSSR count). The summed E-state index contributed by atoms with van der Waals surface area (Å²) >= 11 is 0. The van der Waals surface area contributed by atoms with E-state index in [9.17, 15) is 22.8 Å². The average Bonchev–Trinajstić information content (AvgIpc) is 2.87. The molecule has 0 N–H and O–H groups in total. The minimum atomic E-state index is -5.14. The molecule has 0 aromatic heterocycles. The van der Waals surface area contributed by atoms with Crippen molar-refractivity contribution in [2.45, 2.75) is 19.1 Å². The number of carbonyl (C=O) groups is 2. The average molecular weight is 301 g/mol. The largest absolute Gasteiger partial charge is 0.491 e. The molecular formula is C14H14F3NO3. The Bertz CT molecular complexity index is 516. The van der Waals surface area contributed by atoms with Gasteiger partial charge in [0.2, 0.25) is 0 Å². The lowest BCUT2D eigenvalue weighted by Crippen LogP contribution is -2.32. The van der Waals surface area contributed by atoms with Crippen LogP contribution in [0.5, 0.6) is 0 Å². The fourth-order valence-corrected chi connectivity index (χ4v) is 2.24. The van der Waals surface area contributed by atoms with E-state index in [2.05, 4.69) is 4.74 Å². The van der Waals surface area contributed by atoms with Crippen molar-refractivity contribution in [3.63, 3.8) is 0 Å². The van der Waals surface area contributed by atoms with Crippen molar-refractivity contribution in [2.75, 3.05) is 13.1 Å². The van der Waals surface area contributed by atoms with E-state index in [-0.39, 0.29) is 0 Å². The number of ether oxygens (including phenoxy) is 1. The fourth-order valence-electron chi connectivity index (χ4n) is 2.24. The summed E-state index contributed by atoms with van der Waals surface area (Å²) in [5.41, 5.74) is 1.05. The van der Waals surface area contributed by atoms with E-state index in [4.69, 9.17) is 0 Å². The number of benzene rings is 1. The molecule has 1 saturated heterocycles. The lowest BCUT2D eigenvalue weighted by molar-refractivity contribution is -0.203. The van der Waals surface area contributed by atoms with Crippen LogP contribution in [0, 0.1) is 5.92 Å². The Morgan fingerprint density at radius 3 is 2.52 bits per heavy atom. The molecule has 1 aliphatic heterocycles. The van der Waals surface area contributed by atoms with E-state index in [1.807, 2.05) is 35.2 Å². The second-order valence-electron chi connectivity index (χ2n) is 4.91. The Labute approximate surface area is 119 Å². The molecule has 0 aliphatic carbocycles. The molecule has 0 radical (unpaired) electrons. The first-order valence-electron chi connectivity index (χ1n) is 6.45. The number of hydrogen-bond acceptors (Lipinski definition) is 4. The second kappa shape index (κ2) is 6.26. The molecule has 0 bridgehead atoms.